The van der Waals surface area contributed by atoms with E-state index in [-0.39, 0.29) is 0 Å². The maximum atomic E-state index is 10.5. The van der Waals surface area contributed by atoms with E-state index in [1.165, 1.54) is 70.6 Å². The van der Waals surface area contributed by atoms with Gasteiger partial charge in [-0.3, -0.25) is 4.79 Å². The number of carboxylic acids is 1. The molecule has 2 heteroatoms. The third-order valence-electron chi connectivity index (χ3n) is 8.43. The van der Waals surface area contributed by atoms with Crippen LogP contribution in [0.25, 0.3) is 0 Å². The highest BCUT2D eigenvalue weighted by molar-refractivity contribution is 5.66. The van der Waals surface area contributed by atoms with Gasteiger partial charge in [-0.2, -0.15) is 0 Å². The number of rotatable bonds is 13. The predicted octanol–water partition coefficient (Wildman–Crippen LogP) is 7.07. The Balaban J connectivity index is 1.23. The van der Waals surface area contributed by atoms with E-state index in [0.29, 0.717) is 6.42 Å². The molecule has 0 aromatic heterocycles. The van der Waals surface area contributed by atoms with E-state index in [1.54, 1.807) is 12.8 Å². The molecule has 0 spiro atoms. The zero-order chi connectivity index (χ0) is 18.4. The van der Waals surface area contributed by atoms with Crippen LogP contribution in [0.3, 0.4) is 0 Å². The van der Waals surface area contributed by atoms with Crippen molar-refractivity contribution in [2.75, 3.05) is 0 Å². The summed E-state index contributed by atoms with van der Waals surface area (Å²) in [6, 6.07) is 0. The minimum atomic E-state index is -0.640. The summed E-state index contributed by atoms with van der Waals surface area (Å²) in [7, 11) is 0. The fourth-order valence-electron chi connectivity index (χ4n) is 6.06. The monoisotopic (exact) mass is 362 g/mol. The molecule has 3 saturated carbocycles. The van der Waals surface area contributed by atoms with Gasteiger partial charge in [0, 0.05) is 6.42 Å². The Hall–Kier alpha value is -0.530. The number of hydrogen-bond donors (Lipinski definition) is 1. The molecule has 0 aromatic rings. The molecular formula is C24H42O2. The van der Waals surface area contributed by atoms with Gasteiger partial charge in [0.1, 0.15) is 0 Å². The predicted molar refractivity (Wildman–Crippen MR) is 108 cm³/mol. The second-order valence-corrected chi connectivity index (χ2v) is 9.87. The first-order valence-corrected chi connectivity index (χ1v) is 11.9. The van der Waals surface area contributed by atoms with Gasteiger partial charge in [-0.1, -0.05) is 45.4 Å². The molecular weight excluding hydrogens is 320 g/mol. The van der Waals surface area contributed by atoms with Gasteiger partial charge < -0.3 is 5.11 Å². The molecule has 0 heterocycles. The molecule has 6 atom stereocenters. The number of carboxylic acid groups (broad SMARTS) is 1. The molecule has 3 aliphatic carbocycles. The summed E-state index contributed by atoms with van der Waals surface area (Å²) in [5, 5.41) is 8.66. The van der Waals surface area contributed by atoms with Crippen LogP contribution in [-0.4, -0.2) is 11.1 Å². The quantitative estimate of drug-likeness (QED) is 0.356. The summed E-state index contributed by atoms with van der Waals surface area (Å²) in [5.74, 6) is 5.77. The van der Waals surface area contributed by atoms with Crippen LogP contribution in [0, 0.1) is 35.5 Å². The lowest BCUT2D eigenvalue weighted by molar-refractivity contribution is -0.137. The second kappa shape index (κ2) is 10.1. The minimum absolute atomic E-state index is 0.354. The van der Waals surface area contributed by atoms with E-state index in [4.69, 9.17) is 5.11 Å². The molecule has 0 bridgehead atoms. The van der Waals surface area contributed by atoms with Crippen LogP contribution in [-0.2, 0) is 4.79 Å². The van der Waals surface area contributed by atoms with Gasteiger partial charge in [-0.05, 0) is 93.3 Å². The largest absolute Gasteiger partial charge is 0.481 e. The Morgan fingerprint density at radius 1 is 0.692 bits per heavy atom. The molecule has 0 amide bonds. The van der Waals surface area contributed by atoms with Crippen molar-refractivity contribution in [1.82, 2.24) is 0 Å². The Labute approximate surface area is 161 Å². The SMILES string of the molecule is CC[C@@H]1CCC1CC1CC[C@@H]1CC1CCC1CCCCCCCC(=O)O. The van der Waals surface area contributed by atoms with Gasteiger partial charge in [-0.15, -0.1) is 0 Å². The topological polar surface area (TPSA) is 37.3 Å². The third kappa shape index (κ3) is 5.49. The minimum Gasteiger partial charge on any atom is -0.481 e. The average Bonchev–Trinajstić information content (AvgIpc) is 2.55. The molecule has 150 valence electrons. The molecule has 0 radical (unpaired) electrons. The summed E-state index contributed by atoms with van der Waals surface area (Å²) in [4.78, 5) is 10.5. The highest BCUT2D eigenvalue weighted by atomic mass is 16.4. The normalized spacial score (nSPS) is 36.0. The highest BCUT2D eigenvalue weighted by Crippen LogP contribution is 2.51. The van der Waals surface area contributed by atoms with Crippen LogP contribution >= 0.6 is 0 Å². The molecule has 3 aliphatic rings. The molecule has 26 heavy (non-hydrogen) atoms. The van der Waals surface area contributed by atoms with Gasteiger partial charge >= 0.3 is 5.97 Å². The summed E-state index contributed by atoms with van der Waals surface area (Å²) in [6.45, 7) is 2.39. The van der Waals surface area contributed by atoms with Crippen LogP contribution in [0.2, 0.25) is 0 Å². The van der Waals surface area contributed by atoms with Crippen molar-refractivity contribution in [3.8, 4) is 0 Å². The third-order valence-corrected chi connectivity index (χ3v) is 8.43. The maximum Gasteiger partial charge on any atom is 0.303 e. The van der Waals surface area contributed by atoms with Crippen LogP contribution in [0.15, 0.2) is 0 Å². The number of aliphatic carboxylic acids is 1. The van der Waals surface area contributed by atoms with Crippen molar-refractivity contribution in [2.24, 2.45) is 35.5 Å². The highest BCUT2D eigenvalue weighted by Gasteiger charge is 2.40. The van der Waals surface area contributed by atoms with E-state index < -0.39 is 5.97 Å². The first-order valence-electron chi connectivity index (χ1n) is 11.9. The lowest BCUT2D eigenvalue weighted by Crippen LogP contribution is -2.37. The van der Waals surface area contributed by atoms with Gasteiger partial charge in [0.05, 0.1) is 0 Å². The van der Waals surface area contributed by atoms with Gasteiger partial charge in [0.15, 0.2) is 0 Å². The first-order chi connectivity index (χ1) is 12.7. The molecule has 0 aromatic carbocycles. The van der Waals surface area contributed by atoms with Crippen LogP contribution < -0.4 is 0 Å². The Morgan fingerprint density at radius 2 is 1.15 bits per heavy atom. The molecule has 1 N–H and O–H groups in total. The van der Waals surface area contributed by atoms with E-state index in [9.17, 15) is 4.79 Å². The molecule has 3 fully saturated rings. The van der Waals surface area contributed by atoms with Crippen molar-refractivity contribution in [3.63, 3.8) is 0 Å². The van der Waals surface area contributed by atoms with Gasteiger partial charge in [-0.25, -0.2) is 0 Å². The zero-order valence-corrected chi connectivity index (χ0v) is 17.1. The molecule has 4 unspecified atom stereocenters. The summed E-state index contributed by atoms with van der Waals surface area (Å²) < 4.78 is 0. The van der Waals surface area contributed by atoms with Crippen LogP contribution in [0.5, 0.6) is 0 Å². The Morgan fingerprint density at radius 3 is 1.65 bits per heavy atom. The average molecular weight is 363 g/mol. The smallest absolute Gasteiger partial charge is 0.303 e. The fourth-order valence-corrected chi connectivity index (χ4v) is 6.06. The standard InChI is InChI=1S/C24H42O2/c1-2-18-10-12-20(18)16-22-14-15-23(22)17-21-13-11-19(21)8-6-4-3-5-7-9-24(25)26/h18-23H,2-17H2,1H3,(H,25,26)/t18-,19?,20?,21?,22?,23-/m1/s1. The maximum absolute atomic E-state index is 10.5. The Kier molecular flexibility index (Phi) is 7.88. The van der Waals surface area contributed by atoms with Gasteiger partial charge in [0.2, 0.25) is 0 Å². The lowest BCUT2D eigenvalue weighted by Gasteiger charge is -2.48. The van der Waals surface area contributed by atoms with E-state index in [1.807, 2.05) is 0 Å². The lowest BCUT2D eigenvalue weighted by atomic mass is 9.58. The molecule has 0 aliphatic heterocycles. The Bertz CT molecular complexity index is 430. The molecule has 3 rings (SSSR count). The first kappa shape index (κ1) is 20.2. The van der Waals surface area contributed by atoms with Crippen LogP contribution in [0.4, 0.5) is 0 Å². The second-order valence-electron chi connectivity index (χ2n) is 9.87. The van der Waals surface area contributed by atoms with E-state index in [2.05, 4.69) is 6.92 Å². The van der Waals surface area contributed by atoms with Crippen molar-refractivity contribution in [3.05, 3.63) is 0 Å². The molecule has 2 nitrogen and oxygen atoms in total. The van der Waals surface area contributed by atoms with Crippen LogP contribution in [0.1, 0.15) is 110 Å². The van der Waals surface area contributed by atoms with Crippen molar-refractivity contribution in [1.29, 1.82) is 0 Å². The molecule has 0 saturated heterocycles. The van der Waals surface area contributed by atoms with Gasteiger partial charge in [0.25, 0.3) is 0 Å². The van der Waals surface area contributed by atoms with E-state index in [0.717, 1.165) is 48.3 Å². The number of carbonyl (C=O) groups is 1. The number of hydrogen-bond acceptors (Lipinski definition) is 1. The van der Waals surface area contributed by atoms with Crippen molar-refractivity contribution >= 4 is 5.97 Å². The summed E-state index contributed by atoms with van der Waals surface area (Å²) in [5.41, 5.74) is 0. The van der Waals surface area contributed by atoms with Crippen molar-refractivity contribution in [2.45, 2.75) is 110 Å². The number of unbranched alkanes of at least 4 members (excludes halogenated alkanes) is 4. The summed E-state index contributed by atoms with van der Waals surface area (Å²) in [6.07, 6.45) is 21.3. The van der Waals surface area contributed by atoms with Crippen molar-refractivity contribution < 1.29 is 9.90 Å². The van der Waals surface area contributed by atoms with E-state index >= 15 is 0 Å². The zero-order valence-electron chi connectivity index (χ0n) is 17.1. The fraction of sp³-hybridized carbons (Fsp3) is 0.958. The summed E-state index contributed by atoms with van der Waals surface area (Å²) >= 11 is 0.